The van der Waals surface area contributed by atoms with Crippen LogP contribution in [0.3, 0.4) is 0 Å². The fourth-order valence-corrected chi connectivity index (χ4v) is 4.52. The Morgan fingerprint density at radius 1 is 0.632 bits per heavy atom. The molecule has 4 rings (SSSR count). The van der Waals surface area contributed by atoms with Crippen molar-refractivity contribution in [2.45, 2.75) is 51.8 Å². The molecule has 0 heterocycles. The van der Waals surface area contributed by atoms with Crippen LogP contribution in [0.5, 0.6) is 5.75 Å². The number of benzene rings is 4. The van der Waals surface area contributed by atoms with Crippen molar-refractivity contribution >= 4 is 10.8 Å². The predicted molar refractivity (Wildman–Crippen MR) is 132 cm³/mol. The van der Waals surface area contributed by atoms with Crippen LogP contribution in [0.25, 0.3) is 10.8 Å². The van der Waals surface area contributed by atoms with Gasteiger partial charge in [-0.2, -0.15) is 0 Å². The monoisotopic (exact) mass is 534 g/mol. The molecule has 0 N–H and O–H groups in total. The minimum absolute atomic E-state index is 0.0286. The molecule has 0 aliphatic rings. The molecule has 200 valence electrons. The van der Waals surface area contributed by atoms with Crippen molar-refractivity contribution in [3.8, 4) is 5.75 Å². The van der Waals surface area contributed by atoms with Crippen LogP contribution in [0.4, 0.5) is 30.7 Å². The van der Waals surface area contributed by atoms with E-state index in [-0.39, 0.29) is 24.8 Å². The first-order valence-electron chi connectivity index (χ1n) is 12.2. The molecular weight excluding hydrogens is 509 g/mol. The molecule has 0 bridgehead atoms. The van der Waals surface area contributed by atoms with E-state index in [2.05, 4.69) is 4.74 Å². The van der Waals surface area contributed by atoms with Gasteiger partial charge in [0.25, 0.3) is 0 Å². The van der Waals surface area contributed by atoms with E-state index < -0.39 is 35.4 Å². The smallest absolute Gasteiger partial charge is 0.403 e. The van der Waals surface area contributed by atoms with Gasteiger partial charge in [-0.05, 0) is 84.0 Å². The zero-order chi connectivity index (χ0) is 27.4. The first-order chi connectivity index (χ1) is 18.0. The second-order valence-corrected chi connectivity index (χ2v) is 9.19. The molecule has 38 heavy (non-hydrogen) atoms. The maximum atomic E-state index is 15.2. The highest BCUT2D eigenvalue weighted by molar-refractivity contribution is 5.84. The Kier molecular flexibility index (Phi) is 8.29. The molecule has 0 radical (unpaired) electrons. The highest BCUT2D eigenvalue weighted by atomic mass is 19.4. The maximum Gasteiger partial charge on any atom is 0.573 e. The molecule has 8 heteroatoms. The van der Waals surface area contributed by atoms with Gasteiger partial charge in [0, 0.05) is 10.9 Å². The number of hydrogen-bond acceptors (Lipinski definition) is 1. The quantitative estimate of drug-likeness (QED) is 0.195. The summed E-state index contributed by atoms with van der Waals surface area (Å²) in [6.07, 6.45) is -2.65. The largest absolute Gasteiger partial charge is 0.573 e. The third kappa shape index (κ3) is 6.65. The van der Waals surface area contributed by atoms with Crippen LogP contribution in [-0.4, -0.2) is 6.36 Å². The van der Waals surface area contributed by atoms with E-state index >= 15 is 4.39 Å². The molecule has 1 nitrogen and oxygen atoms in total. The summed E-state index contributed by atoms with van der Waals surface area (Å²) in [6.45, 7) is 1.94. The summed E-state index contributed by atoms with van der Waals surface area (Å²) in [5.74, 6) is -3.65. The number of aryl methyl sites for hydroxylation is 4. The average molecular weight is 535 g/mol. The standard InChI is InChI=1S/C30H25F7O/c1-2-3-20-16-25(31)24(26(32)17-20)12-6-18-5-11-23-22(14-18)10-9-21(29(23)34)8-4-19-7-13-28(27(33)15-19)38-30(35,36)37/h5,7,9-11,13-17H,2-4,6,8,12H2,1H3. The Labute approximate surface area is 215 Å². The Morgan fingerprint density at radius 3 is 1.92 bits per heavy atom. The van der Waals surface area contributed by atoms with Gasteiger partial charge in [-0.3, -0.25) is 0 Å². The van der Waals surface area contributed by atoms with Crippen LogP contribution in [0.1, 0.15) is 41.2 Å². The number of fused-ring (bicyclic) bond motifs is 1. The summed E-state index contributed by atoms with van der Waals surface area (Å²) >= 11 is 0. The molecule has 0 saturated heterocycles. The number of rotatable bonds is 9. The molecule has 0 aromatic heterocycles. The van der Waals surface area contributed by atoms with Gasteiger partial charge in [-0.25, -0.2) is 17.6 Å². The number of halogens is 7. The van der Waals surface area contributed by atoms with E-state index in [1.165, 1.54) is 18.2 Å². The number of ether oxygens (including phenoxy) is 1. The SMILES string of the molecule is CCCc1cc(F)c(CCc2ccc3c(F)c(CCc4ccc(OC(F)(F)F)c(F)c4)ccc3c2)c(F)c1. The summed E-state index contributed by atoms with van der Waals surface area (Å²) in [4.78, 5) is 0. The first kappa shape index (κ1) is 27.5. The molecule has 0 unspecified atom stereocenters. The Bertz CT molecular complexity index is 1420. The molecule has 4 aromatic carbocycles. The molecule has 0 aliphatic heterocycles. The minimum Gasteiger partial charge on any atom is -0.403 e. The van der Waals surface area contributed by atoms with Gasteiger partial charge in [0.2, 0.25) is 0 Å². The topological polar surface area (TPSA) is 9.23 Å². The van der Waals surface area contributed by atoms with E-state index in [1.807, 2.05) is 6.92 Å². The fourth-order valence-electron chi connectivity index (χ4n) is 4.52. The predicted octanol–water partition coefficient (Wildman–Crippen LogP) is 8.82. The lowest BCUT2D eigenvalue weighted by Crippen LogP contribution is -2.18. The summed E-state index contributed by atoms with van der Waals surface area (Å²) in [5, 5.41) is 0.996. The van der Waals surface area contributed by atoms with Gasteiger partial charge in [0.1, 0.15) is 17.5 Å². The van der Waals surface area contributed by atoms with Gasteiger partial charge in [0.15, 0.2) is 11.6 Å². The van der Waals surface area contributed by atoms with Crippen molar-refractivity contribution in [1.29, 1.82) is 0 Å². The highest BCUT2D eigenvalue weighted by Crippen LogP contribution is 2.28. The second-order valence-electron chi connectivity index (χ2n) is 9.19. The van der Waals surface area contributed by atoms with E-state index in [9.17, 15) is 26.3 Å². The normalized spacial score (nSPS) is 11.8. The molecule has 0 spiro atoms. The summed E-state index contributed by atoms with van der Waals surface area (Å²) in [6, 6.07) is 14.3. The number of alkyl halides is 3. The van der Waals surface area contributed by atoms with Crippen LogP contribution in [0.2, 0.25) is 0 Å². The third-order valence-electron chi connectivity index (χ3n) is 6.41. The fraction of sp³-hybridized carbons (Fsp3) is 0.267. The molecule has 0 aliphatic carbocycles. The second kappa shape index (κ2) is 11.5. The molecule has 0 atom stereocenters. The summed E-state index contributed by atoms with van der Waals surface area (Å²) in [7, 11) is 0. The van der Waals surface area contributed by atoms with Crippen molar-refractivity contribution in [2.75, 3.05) is 0 Å². The van der Waals surface area contributed by atoms with Gasteiger partial charge in [-0.15, -0.1) is 13.2 Å². The number of hydrogen-bond donors (Lipinski definition) is 0. The minimum atomic E-state index is -5.00. The molecule has 0 saturated carbocycles. The average Bonchev–Trinajstić information content (AvgIpc) is 2.84. The molecule has 0 fully saturated rings. The van der Waals surface area contributed by atoms with Crippen LogP contribution in [-0.2, 0) is 32.1 Å². The Balaban J connectivity index is 1.44. The van der Waals surface area contributed by atoms with Crippen LogP contribution in [0, 0.1) is 23.3 Å². The van der Waals surface area contributed by atoms with Gasteiger partial charge >= 0.3 is 6.36 Å². The maximum absolute atomic E-state index is 15.2. The van der Waals surface area contributed by atoms with Gasteiger partial charge in [0.05, 0.1) is 0 Å². The van der Waals surface area contributed by atoms with E-state index in [1.54, 1.807) is 30.3 Å². The zero-order valence-corrected chi connectivity index (χ0v) is 20.6. The summed E-state index contributed by atoms with van der Waals surface area (Å²) < 4.78 is 98.6. The third-order valence-corrected chi connectivity index (χ3v) is 6.41. The molecular formula is C30H25F7O. The lowest BCUT2D eigenvalue weighted by atomic mass is 9.96. The van der Waals surface area contributed by atoms with Gasteiger partial charge < -0.3 is 4.74 Å². The first-order valence-corrected chi connectivity index (χ1v) is 12.2. The van der Waals surface area contributed by atoms with Crippen molar-refractivity contribution in [2.24, 2.45) is 0 Å². The molecule has 0 amide bonds. The van der Waals surface area contributed by atoms with Crippen molar-refractivity contribution < 1.29 is 35.5 Å². The van der Waals surface area contributed by atoms with E-state index in [4.69, 9.17) is 0 Å². The van der Waals surface area contributed by atoms with Crippen molar-refractivity contribution in [3.63, 3.8) is 0 Å². The van der Waals surface area contributed by atoms with Crippen molar-refractivity contribution in [1.82, 2.24) is 0 Å². The lowest BCUT2D eigenvalue weighted by molar-refractivity contribution is -0.275. The molecule has 4 aromatic rings. The zero-order valence-electron chi connectivity index (χ0n) is 20.6. The highest BCUT2D eigenvalue weighted by Gasteiger charge is 2.32. The Hall–Kier alpha value is -3.55. The Morgan fingerprint density at radius 2 is 1.26 bits per heavy atom. The van der Waals surface area contributed by atoms with Crippen LogP contribution < -0.4 is 4.74 Å². The van der Waals surface area contributed by atoms with Crippen LogP contribution >= 0.6 is 0 Å². The van der Waals surface area contributed by atoms with Crippen LogP contribution in [0.15, 0.2) is 60.7 Å². The summed E-state index contributed by atoms with van der Waals surface area (Å²) in [5.41, 5.74) is 2.23. The van der Waals surface area contributed by atoms with Crippen molar-refractivity contribution in [3.05, 3.63) is 112 Å². The van der Waals surface area contributed by atoms with E-state index in [0.717, 1.165) is 24.1 Å². The lowest BCUT2D eigenvalue weighted by Gasteiger charge is -2.12. The van der Waals surface area contributed by atoms with Gasteiger partial charge in [-0.1, -0.05) is 49.7 Å². The van der Waals surface area contributed by atoms with E-state index in [0.29, 0.717) is 40.3 Å².